The molecule has 4 nitrogen and oxygen atoms in total. The van der Waals surface area contributed by atoms with Crippen molar-refractivity contribution in [1.82, 2.24) is 9.78 Å². The highest BCUT2D eigenvalue weighted by Crippen LogP contribution is 2.26. The standard InChI is InChI=1S/C17H25N3O/c1-12(2)14-4-6-15(7-5-14)16(11-18)17-10-13(3)19-20(17)8-9-21/h4-7,10,12,16,21H,8-9,11,18H2,1-3H3. The third kappa shape index (κ3) is 3.52. The number of nitrogens with zero attached hydrogens (tertiary/aromatic N) is 2. The summed E-state index contributed by atoms with van der Waals surface area (Å²) in [6, 6.07) is 10.7. The van der Waals surface area contributed by atoms with Gasteiger partial charge < -0.3 is 10.8 Å². The number of benzene rings is 1. The molecule has 0 radical (unpaired) electrons. The second kappa shape index (κ2) is 6.87. The van der Waals surface area contributed by atoms with E-state index >= 15 is 0 Å². The van der Waals surface area contributed by atoms with E-state index in [1.807, 2.05) is 11.6 Å². The van der Waals surface area contributed by atoms with Gasteiger partial charge in [-0.25, -0.2) is 0 Å². The van der Waals surface area contributed by atoms with Gasteiger partial charge in [0.2, 0.25) is 0 Å². The van der Waals surface area contributed by atoms with Crippen LogP contribution in [0.5, 0.6) is 0 Å². The zero-order chi connectivity index (χ0) is 15.4. The summed E-state index contributed by atoms with van der Waals surface area (Å²) in [6.07, 6.45) is 0. The molecule has 0 fully saturated rings. The van der Waals surface area contributed by atoms with Gasteiger partial charge in [-0.3, -0.25) is 4.68 Å². The molecule has 0 spiro atoms. The summed E-state index contributed by atoms with van der Waals surface area (Å²) >= 11 is 0. The summed E-state index contributed by atoms with van der Waals surface area (Å²) in [5, 5.41) is 13.6. The quantitative estimate of drug-likeness (QED) is 0.857. The van der Waals surface area contributed by atoms with Gasteiger partial charge in [0.1, 0.15) is 0 Å². The Morgan fingerprint density at radius 2 is 1.81 bits per heavy atom. The Morgan fingerprint density at radius 3 is 2.33 bits per heavy atom. The van der Waals surface area contributed by atoms with Gasteiger partial charge in [0.05, 0.1) is 18.8 Å². The molecule has 0 saturated heterocycles. The lowest BCUT2D eigenvalue weighted by molar-refractivity contribution is 0.266. The molecule has 0 aliphatic rings. The number of aliphatic hydroxyl groups excluding tert-OH is 1. The molecule has 21 heavy (non-hydrogen) atoms. The van der Waals surface area contributed by atoms with Gasteiger partial charge in [-0.05, 0) is 30.0 Å². The predicted molar refractivity (Wildman–Crippen MR) is 85.5 cm³/mol. The molecule has 1 unspecified atom stereocenters. The van der Waals surface area contributed by atoms with Crippen LogP contribution >= 0.6 is 0 Å². The Labute approximate surface area is 126 Å². The number of nitrogens with two attached hydrogens (primary N) is 1. The molecule has 0 amide bonds. The zero-order valence-electron chi connectivity index (χ0n) is 13.1. The zero-order valence-corrected chi connectivity index (χ0v) is 13.1. The fourth-order valence-electron chi connectivity index (χ4n) is 2.66. The van der Waals surface area contributed by atoms with Crippen LogP contribution in [0.25, 0.3) is 0 Å². The molecule has 0 bridgehead atoms. The second-order valence-corrected chi connectivity index (χ2v) is 5.77. The lowest BCUT2D eigenvalue weighted by Gasteiger charge is -2.18. The van der Waals surface area contributed by atoms with Crippen LogP contribution in [0.15, 0.2) is 30.3 Å². The highest BCUT2D eigenvalue weighted by Gasteiger charge is 2.18. The Bertz CT molecular complexity index is 572. The molecule has 1 heterocycles. The number of hydrogen-bond acceptors (Lipinski definition) is 3. The van der Waals surface area contributed by atoms with Crippen LogP contribution in [0.1, 0.15) is 48.2 Å². The molecule has 1 aromatic heterocycles. The largest absolute Gasteiger partial charge is 0.394 e. The molecular formula is C17H25N3O. The van der Waals surface area contributed by atoms with E-state index in [1.54, 1.807) is 0 Å². The summed E-state index contributed by atoms with van der Waals surface area (Å²) < 4.78 is 1.86. The van der Waals surface area contributed by atoms with E-state index < -0.39 is 0 Å². The van der Waals surface area contributed by atoms with E-state index in [-0.39, 0.29) is 12.5 Å². The molecule has 0 aliphatic carbocycles. The average Bonchev–Trinajstić information content (AvgIpc) is 2.81. The van der Waals surface area contributed by atoms with Gasteiger partial charge in [0, 0.05) is 18.2 Å². The van der Waals surface area contributed by atoms with Gasteiger partial charge in [-0.1, -0.05) is 38.1 Å². The fourth-order valence-corrected chi connectivity index (χ4v) is 2.66. The Hall–Kier alpha value is -1.65. The van der Waals surface area contributed by atoms with Crippen molar-refractivity contribution >= 4 is 0 Å². The van der Waals surface area contributed by atoms with Crippen molar-refractivity contribution in [2.24, 2.45) is 5.73 Å². The monoisotopic (exact) mass is 287 g/mol. The third-order valence-corrected chi connectivity index (χ3v) is 3.84. The van der Waals surface area contributed by atoms with E-state index in [9.17, 15) is 5.11 Å². The number of rotatable bonds is 6. The maximum Gasteiger partial charge on any atom is 0.0644 e. The first kappa shape index (κ1) is 15.7. The van der Waals surface area contributed by atoms with Crippen LogP contribution in [0.2, 0.25) is 0 Å². The molecule has 0 saturated carbocycles. The molecular weight excluding hydrogens is 262 g/mol. The van der Waals surface area contributed by atoms with E-state index in [1.165, 1.54) is 11.1 Å². The summed E-state index contributed by atoms with van der Waals surface area (Å²) in [5.41, 5.74) is 10.6. The van der Waals surface area contributed by atoms with Crippen molar-refractivity contribution in [1.29, 1.82) is 0 Å². The lowest BCUT2D eigenvalue weighted by atomic mass is 9.92. The van der Waals surface area contributed by atoms with Crippen molar-refractivity contribution in [2.45, 2.75) is 39.2 Å². The Kier molecular flexibility index (Phi) is 5.15. The van der Waals surface area contributed by atoms with Crippen molar-refractivity contribution in [2.75, 3.05) is 13.2 Å². The van der Waals surface area contributed by atoms with E-state index in [4.69, 9.17) is 5.73 Å². The van der Waals surface area contributed by atoms with E-state index in [0.717, 1.165) is 11.4 Å². The van der Waals surface area contributed by atoms with E-state index in [0.29, 0.717) is 19.0 Å². The summed E-state index contributed by atoms with van der Waals surface area (Å²) in [6.45, 7) is 7.45. The Balaban J connectivity index is 2.34. The molecule has 4 heteroatoms. The number of aryl methyl sites for hydroxylation is 1. The molecule has 2 aromatic rings. The van der Waals surface area contributed by atoms with Crippen LogP contribution in [0.4, 0.5) is 0 Å². The predicted octanol–water partition coefficient (Wildman–Crippen LogP) is 2.40. The normalized spacial score (nSPS) is 12.9. The minimum Gasteiger partial charge on any atom is -0.394 e. The van der Waals surface area contributed by atoms with Crippen LogP contribution in [-0.4, -0.2) is 28.0 Å². The molecule has 114 valence electrons. The fraction of sp³-hybridized carbons (Fsp3) is 0.471. The van der Waals surface area contributed by atoms with Crippen LogP contribution in [-0.2, 0) is 6.54 Å². The van der Waals surface area contributed by atoms with E-state index in [2.05, 4.69) is 49.3 Å². The average molecular weight is 287 g/mol. The van der Waals surface area contributed by atoms with Gasteiger partial charge >= 0.3 is 0 Å². The smallest absolute Gasteiger partial charge is 0.0644 e. The lowest BCUT2D eigenvalue weighted by Crippen LogP contribution is -2.19. The first-order valence-corrected chi connectivity index (χ1v) is 7.52. The third-order valence-electron chi connectivity index (χ3n) is 3.84. The van der Waals surface area contributed by atoms with Crippen molar-refractivity contribution in [3.8, 4) is 0 Å². The van der Waals surface area contributed by atoms with Gasteiger partial charge in [0.15, 0.2) is 0 Å². The number of aliphatic hydroxyl groups is 1. The minimum absolute atomic E-state index is 0.0811. The summed E-state index contributed by atoms with van der Waals surface area (Å²) in [7, 11) is 0. The van der Waals surface area contributed by atoms with Crippen molar-refractivity contribution in [3.63, 3.8) is 0 Å². The minimum atomic E-state index is 0.0811. The maximum atomic E-state index is 9.18. The van der Waals surface area contributed by atoms with Crippen LogP contribution < -0.4 is 5.73 Å². The molecule has 1 aromatic carbocycles. The maximum absolute atomic E-state index is 9.18. The van der Waals surface area contributed by atoms with Gasteiger partial charge in [-0.2, -0.15) is 5.10 Å². The number of hydrogen-bond donors (Lipinski definition) is 2. The summed E-state index contributed by atoms with van der Waals surface area (Å²) in [5.74, 6) is 0.636. The van der Waals surface area contributed by atoms with Crippen molar-refractivity contribution < 1.29 is 5.11 Å². The first-order valence-electron chi connectivity index (χ1n) is 7.52. The SMILES string of the molecule is Cc1cc(C(CN)c2ccc(C(C)C)cc2)n(CCO)n1. The molecule has 0 aliphatic heterocycles. The van der Waals surface area contributed by atoms with Crippen LogP contribution in [0.3, 0.4) is 0 Å². The topological polar surface area (TPSA) is 64.1 Å². The highest BCUT2D eigenvalue weighted by atomic mass is 16.3. The Morgan fingerprint density at radius 1 is 1.19 bits per heavy atom. The second-order valence-electron chi connectivity index (χ2n) is 5.77. The molecule has 2 rings (SSSR count). The van der Waals surface area contributed by atoms with Gasteiger partial charge in [-0.15, -0.1) is 0 Å². The first-order chi connectivity index (χ1) is 10.1. The number of aromatic nitrogens is 2. The van der Waals surface area contributed by atoms with Crippen LogP contribution in [0, 0.1) is 6.92 Å². The summed E-state index contributed by atoms with van der Waals surface area (Å²) in [4.78, 5) is 0. The molecule has 1 atom stereocenters. The highest BCUT2D eigenvalue weighted by molar-refractivity contribution is 5.33. The van der Waals surface area contributed by atoms with Gasteiger partial charge in [0.25, 0.3) is 0 Å². The van der Waals surface area contributed by atoms with Crippen molar-refractivity contribution in [3.05, 3.63) is 52.8 Å². The molecule has 3 N–H and O–H groups in total.